The van der Waals surface area contributed by atoms with Crippen LogP contribution in [-0.4, -0.2) is 5.26 Å². The Balaban J connectivity index is 2.16. The van der Waals surface area contributed by atoms with Crippen molar-refractivity contribution < 1.29 is 14.6 Å². The summed E-state index contributed by atoms with van der Waals surface area (Å²) in [5, 5.41) is 9.55. The second-order valence-electron chi connectivity index (χ2n) is 6.39. The van der Waals surface area contributed by atoms with Crippen molar-refractivity contribution in [2.45, 2.75) is 45.6 Å². The number of rotatable bonds is 2. The van der Waals surface area contributed by atoms with E-state index in [1.54, 1.807) is 6.26 Å². The predicted molar refractivity (Wildman–Crippen MR) is 63.3 cm³/mol. The maximum absolute atomic E-state index is 9.55. The molecule has 1 aromatic rings. The molecule has 0 aliphatic heterocycles. The molecule has 2 aliphatic carbocycles. The minimum Gasteiger partial charge on any atom is -0.466 e. The Labute approximate surface area is 102 Å². The van der Waals surface area contributed by atoms with E-state index in [2.05, 4.69) is 20.8 Å². The molecule has 3 atom stereocenters. The summed E-state index contributed by atoms with van der Waals surface area (Å²) >= 11 is 0. The molecule has 2 saturated carbocycles. The molecule has 1 aromatic heterocycles. The average molecular weight is 236 g/mol. The Morgan fingerprint density at radius 2 is 2.18 bits per heavy atom. The van der Waals surface area contributed by atoms with Crippen LogP contribution < -0.4 is 0 Å². The van der Waals surface area contributed by atoms with Crippen LogP contribution in [0, 0.1) is 16.7 Å². The van der Waals surface area contributed by atoms with E-state index >= 15 is 0 Å². The molecule has 0 aromatic carbocycles. The maximum Gasteiger partial charge on any atom is 0.166 e. The molecule has 1 N–H and O–H groups in total. The second kappa shape index (κ2) is 3.15. The van der Waals surface area contributed by atoms with Crippen LogP contribution in [0.15, 0.2) is 22.8 Å². The van der Waals surface area contributed by atoms with E-state index in [1.165, 1.54) is 6.42 Å². The third-order valence-corrected chi connectivity index (χ3v) is 5.94. The van der Waals surface area contributed by atoms with Gasteiger partial charge in [-0.15, -0.1) is 0 Å². The van der Waals surface area contributed by atoms with E-state index in [1.807, 2.05) is 12.1 Å². The quantitative estimate of drug-likeness (QED) is 0.627. The first kappa shape index (κ1) is 11.3. The van der Waals surface area contributed by atoms with Crippen LogP contribution in [0.5, 0.6) is 0 Å². The van der Waals surface area contributed by atoms with Crippen molar-refractivity contribution in [3.8, 4) is 0 Å². The van der Waals surface area contributed by atoms with Gasteiger partial charge in [-0.3, -0.25) is 5.26 Å². The Kier molecular flexibility index (Phi) is 2.09. The molecule has 3 nitrogen and oxygen atoms in total. The predicted octanol–water partition coefficient (Wildman–Crippen LogP) is 3.81. The van der Waals surface area contributed by atoms with Crippen LogP contribution >= 0.6 is 0 Å². The molecule has 1 heterocycles. The molecule has 2 bridgehead atoms. The SMILES string of the molecule is CC1(C)[C@H]2CC[C@]1(C)[C@](OO)(c1ccco1)C2. The highest BCUT2D eigenvalue weighted by molar-refractivity contribution is 5.26. The van der Waals surface area contributed by atoms with Crippen molar-refractivity contribution in [3.05, 3.63) is 24.2 Å². The minimum absolute atomic E-state index is 0.0722. The first-order valence-electron chi connectivity index (χ1n) is 6.34. The number of hydrogen-bond donors (Lipinski definition) is 1. The second-order valence-corrected chi connectivity index (χ2v) is 6.39. The zero-order valence-corrected chi connectivity index (χ0v) is 10.7. The van der Waals surface area contributed by atoms with Gasteiger partial charge in [0.05, 0.1) is 6.26 Å². The van der Waals surface area contributed by atoms with Crippen LogP contribution in [0.1, 0.15) is 45.8 Å². The molecule has 0 unspecified atom stereocenters. The summed E-state index contributed by atoms with van der Waals surface area (Å²) in [7, 11) is 0. The van der Waals surface area contributed by atoms with Gasteiger partial charge in [-0.2, -0.15) is 0 Å². The molecule has 3 heteroatoms. The summed E-state index contributed by atoms with van der Waals surface area (Å²) in [4.78, 5) is 5.02. The summed E-state index contributed by atoms with van der Waals surface area (Å²) in [6.45, 7) is 6.79. The van der Waals surface area contributed by atoms with Crippen molar-refractivity contribution in [2.24, 2.45) is 16.7 Å². The first-order valence-corrected chi connectivity index (χ1v) is 6.34. The van der Waals surface area contributed by atoms with E-state index in [0.717, 1.165) is 18.6 Å². The zero-order valence-electron chi connectivity index (χ0n) is 10.7. The van der Waals surface area contributed by atoms with Crippen molar-refractivity contribution in [1.82, 2.24) is 0 Å². The van der Waals surface area contributed by atoms with Crippen LogP contribution in [0.2, 0.25) is 0 Å². The van der Waals surface area contributed by atoms with E-state index in [-0.39, 0.29) is 10.8 Å². The molecule has 2 aliphatic rings. The topological polar surface area (TPSA) is 42.6 Å². The average Bonchev–Trinajstić information content (AvgIpc) is 2.93. The third-order valence-electron chi connectivity index (χ3n) is 5.94. The fourth-order valence-corrected chi connectivity index (χ4v) is 4.31. The lowest BCUT2D eigenvalue weighted by molar-refractivity contribution is -0.366. The van der Waals surface area contributed by atoms with Gasteiger partial charge in [-0.1, -0.05) is 20.8 Å². The van der Waals surface area contributed by atoms with Gasteiger partial charge < -0.3 is 4.42 Å². The van der Waals surface area contributed by atoms with Gasteiger partial charge in [0, 0.05) is 5.41 Å². The van der Waals surface area contributed by atoms with E-state index in [9.17, 15) is 5.26 Å². The summed E-state index contributed by atoms with van der Waals surface area (Å²) in [5.41, 5.74) is -0.567. The third kappa shape index (κ3) is 1.05. The van der Waals surface area contributed by atoms with Crippen LogP contribution in [0.25, 0.3) is 0 Å². The van der Waals surface area contributed by atoms with E-state index in [0.29, 0.717) is 5.92 Å². The summed E-state index contributed by atoms with van der Waals surface area (Å²) < 4.78 is 5.54. The maximum atomic E-state index is 9.55. The highest BCUT2D eigenvalue weighted by atomic mass is 17.1. The number of fused-ring (bicyclic) bond motifs is 2. The summed E-state index contributed by atoms with van der Waals surface area (Å²) in [5.74, 6) is 1.35. The van der Waals surface area contributed by atoms with Crippen molar-refractivity contribution in [2.75, 3.05) is 0 Å². The van der Waals surface area contributed by atoms with Crippen LogP contribution in [0.4, 0.5) is 0 Å². The van der Waals surface area contributed by atoms with Gasteiger partial charge in [0.15, 0.2) is 5.60 Å². The van der Waals surface area contributed by atoms with Crippen molar-refractivity contribution in [3.63, 3.8) is 0 Å². The number of furan rings is 1. The first-order chi connectivity index (χ1) is 7.98. The van der Waals surface area contributed by atoms with Crippen LogP contribution in [-0.2, 0) is 10.5 Å². The monoisotopic (exact) mass is 236 g/mol. The minimum atomic E-state index is -0.664. The largest absolute Gasteiger partial charge is 0.466 e. The molecule has 17 heavy (non-hydrogen) atoms. The Bertz CT molecular complexity index is 423. The Morgan fingerprint density at radius 1 is 1.41 bits per heavy atom. The lowest BCUT2D eigenvalue weighted by Gasteiger charge is -2.44. The number of hydrogen-bond acceptors (Lipinski definition) is 3. The molecule has 94 valence electrons. The van der Waals surface area contributed by atoms with Crippen LogP contribution in [0.3, 0.4) is 0 Å². The lowest BCUT2D eigenvalue weighted by atomic mass is 9.63. The Morgan fingerprint density at radius 3 is 2.59 bits per heavy atom. The molecule has 0 spiro atoms. The fourth-order valence-electron chi connectivity index (χ4n) is 4.31. The smallest absolute Gasteiger partial charge is 0.166 e. The van der Waals surface area contributed by atoms with Gasteiger partial charge in [0.2, 0.25) is 0 Å². The van der Waals surface area contributed by atoms with Crippen molar-refractivity contribution in [1.29, 1.82) is 0 Å². The molecule has 0 radical (unpaired) electrons. The standard InChI is InChI=1S/C14H20O3/c1-12(2)10-6-7-13(12,3)14(9-10,17-15)11-5-4-8-16-11/h4-5,8,10,15H,6-7,9H2,1-3H3/t10-,13-,14+/m0/s1. The highest BCUT2D eigenvalue weighted by Gasteiger charge is 2.71. The lowest BCUT2D eigenvalue weighted by Crippen LogP contribution is -2.46. The van der Waals surface area contributed by atoms with Gasteiger partial charge in [0.25, 0.3) is 0 Å². The van der Waals surface area contributed by atoms with Crippen molar-refractivity contribution >= 4 is 0 Å². The molecular weight excluding hydrogens is 216 g/mol. The van der Waals surface area contributed by atoms with Gasteiger partial charge in [-0.05, 0) is 42.7 Å². The zero-order chi connectivity index (χ0) is 12.3. The Hall–Kier alpha value is -0.800. The molecule has 3 rings (SSSR count). The summed E-state index contributed by atoms with van der Waals surface area (Å²) in [6.07, 6.45) is 4.79. The normalized spacial score (nSPS) is 43.2. The van der Waals surface area contributed by atoms with Gasteiger partial charge in [0.1, 0.15) is 5.76 Å². The van der Waals surface area contributed by atoms with E-state index in [4.69, 9.17) is 9.30 Å². The molecule has 0 saturated heterocycles. The summed E-state index contributed by atoms with van der Waals surface area (Å²) in [6, 6.07) is 3.77. The van der Waals surface area contributed by atoms with Gasteiger partial charge >= 0.3 is 0 Å². The molecular formula is C14H20O3. The van der Waals surface area contributed by atoms with E-state index < -0.39 is 5.60 Å². The highest BCUT2D eigenvalue weighted by Crippen LogP contribution is 2.73. The molecule has 2 fully saturated rings. The van der Waals surface area contributed by atoms with Gasteiger partial charge in [-0.25, -0.2) is 4.89 Å². The molecule has 0 amide bonds. The fraction of sp³-hybridized carbons (Fsp3) is 0.714.